The molecule has 0 bridgehead atoms. The van der Waals surface area contributed by atoms with E-state index in [0.29, 0.717) is 30.9 Å². The minimum atomic E-state index is -3.04. The summed E-state index contributed by atoms with van der Waals surface area (Å²) < 4.78 is 26.1. The van der Waals surface area contributed by atoms with Crippen molar-refractivity contribution in [2.24, 2.45) is 0 Å². The van der Waals surface area contributed by atoms with Crippen molar-refractivity contribution in [2.45, 2.75) is 43.4 Å². The van der Waals surface area contributed by atoms with Crippen molar-refractivity contribution in [1.29, 1.82) is 0 Å². The lowest BCUT2D eigenvalue weighted by Crippen LogP contribution is -2.37. The van der Waals surface area contributed by atoms with Gasteiger partial charge in [-0.05, 0) is 38.4 Å². The third-order valence-electron chi connectivity index (χ3n) is 3.73. The summed E-state index contributed by atoms with van der Waals surface area (Å²) in [5, 5.41) is 3.91. The van der Waals surface area contributed by atoms with E-state index in [2.05, 4.69) is 11.6 Å². The molecule has 18 heavy (non-hydrogen) atoms. The second-order valence-electron chi connectivity index (χ2n) is 5.23. The number of nitrogens with one attached hydrogen (secondary N) is 1. The highest BCUT2D eigenvalue weighted by Gasteiger charge is 2.26. The number of hydrogen-bond acceptors (Lipinski definition) is 4. The molecule has 1 atom stereocenters. The first-order chi connectivity index (χ1) is 8.62. The van der Waals surface area contributed by atoms with Crippen molar-refractivity contribution >= 4 is 21.8 Å². The molecule has 1 heterocycles. The Morgan fingerprint density at radius 1 is 1.22 bits per heavy atom. The smallest absolute Gasteiger partial charge is 0.215 e. The highest BCUT2D eigenvalue weighted by atomic mass is 32.2. The van der Waals surface area contributed by atoms with E-state index in [1.54, 1.807) is 4.31 Å². The van der Waals surface area contributed by atoms with Gasteiger partial charge in [0, 0.05) is 30.9 Å². The number of nitrogens with zero attached hydrogens (tertiary/aromatic N) is 1. The van der Waals surface area contributed by atoms with E-state index in [-0.39, 0.29) is 5.75 Å². The lowest BCUT2D eigenvalue weighted by atomic mass is 10.2. The Labute approximate surface area is 115 Å². The topological polar surface area (TPSA) is 49.4 Å². The van der Waals surface area contributed by atoms with E-state index in [1.807, 2.05) is 11.8 Å². The molecule has 1 N–H and O–H groups in total. The molecule has 1 saturated heterocycles. The monoisotopic (exact) mass is 292 g/mol. The van der Waals surface area contributed by atoms with Gasteiger partial charge in [0.25, 0.3) is 0 Å². The third kappa shape index (κ3) is 4.40. The van der Waals surface area contributed by atoms with Crippen molar-refractivity contribution in [1.82, 2.24) is 9.62 Å². The number of rotatable bonds is 6. The van der Waals surface area contributed by atoms with Crippen molar-refractivity contribution in [3.63, 3.8) is 0 Å². The molecule has 1 aliphatic carbocycles. The number of sulfonamides is 1. The van der Waals surface area contributed by atoms with Gasteiger partial charge in [-0.3, -0.25) is 0 Å². The van der Waals surface area contributed by atoms with Crippen LogP contribution in [0.5, 0.6) is 0 Å². The lowest BCUT2D eigenvalue weighted by molar-refractivity contribution is 0.423. The van der Waals surface area contributed by atoms with Crippen LogP contribution in [0, 0.1) is 0 Å². The van der Waals surface area contributed by atoms with E-state index in [4.69, 9.17) is 0 Å². The first-order valence-electron chi connectivity index (χ1n) is 6.86. The standard InChI is InChI=1S/C12H24N2O2S2/c1-17-12-3-2-8-14(9-6-12)18(15,16)10-7-13-11-4-5-11/h11-13H,2-10H2,1H3. The molecular formula is C12H24N2O2S2. The Kier molecular flexibility index (Phi) is 5.35. The zero-order valence-corrected chi connectivity index (χ0v) is 12.7. The Morgan fingerprint density at radius 2 is 2.00 bits per heavy atom. The second kappa shape index (κ2) is 6.59. The lowest BCUT2D eigenvalue weighted by Gasteiger charge is -2.20. The predicted molar refractivity (Wildman–Crippen MR) is 77.5 cm³/mol. The highest BCUT2D eigenvalue weighted by molar-refractivity contribution is 7.99. The maximum atomic E-state index is 12.2. The van der Waals surface area contributed by atoms with Crippen molar-refractivity contribution < 1.29 is 8.42 Å². The Morgan fingerprint density at radius 3 is 2.67 bits per heavy atom. The largest absolute Gasteiger partial charge is 0.313 e. The molecule has 0 aromatic heterocycles. The van der Waals surface area contributed by atoms with E-state index < -0.39 is 10.0 Å². The first-order valence-corrected chi connectivity index (χ1v) is 9.75. The Balaban J connectivity index is 1.79. The normalized spacial score (nSPS) is 27.1. The van der Waals surface area contributed by atoms with Crippen LogP contribution in [0.2, 0.25) is 0 Å². The zero-order valence-electron chi connectivity index (χ0n) is 11.1. The van der Waals surface area contributed by atoms with Gasteiger partial charge in [0.1, 0.15) is 0 Å². The maximum absolute atomic E-state index is 12.2. The van der Waals surface area contributed by atoms with Gasteiger partial charge in [0.05, 0.1) is 5.75 Å². The average Bonchev–Trinajstić information content (AvgIpc) is 3.14. The third-order valence-corrected chi connectivity index (χ3v) is 6.74. The fourth-order valence-electron chi connectivity index (χ4n) is 2.36. The molecule has 4 nitrogen and oxygen atoms in total. The molecule has 2 rings (SSSR count). The van der Waals surface area contributed by atoms with E-state index >= 15 is 0 Å². The summed E-state index contributed by atoms with van der Waals surface area (Å²) in [6.45, 7) is 2.02. The summed E-state index contributed by atoms with van der Waals surface area (Å²) in [6.07, 6.45) is 7.68. The maximum Gasteiger partial charge on any atom is 0.215 e. The van der Waals surface area contributed by atoms with Crippen LogP contribution in [-0.2, 0) is 10.0 Å². The Bertz CT molecular complexity index is 355. The van der Waals surface area contributed by atoms with Crippen LogP contribution in [0.4, 0.5) is 0 Å². The molecular weight excluding hydrogens is 268 g/mol. The van der Waals surface area contributed by atoms with Crippen molar-refractivity contribution in [2.75, 3.05) is 31.6 Å². The molecule has 0 amide bonds. The molecule has 0 radical (unpaired) electrons. The van der Waals surface area contributed by atoms with E-state index in [0.717, 1.165) is 19.3 Å². The van der Waals surface area contributed by atoms with Gasteiger partial charge >= 0.3 is 0 Å². The van der Waals surface area contributed by atoms with Gasteiger partial charge in [0.2, 0.25) is 10.0 Å². The van der Waals surface area contributed by atoms with Gasteiger partial charge < -0.3 is 5.32 Å². The number of thioether (sulfide) groups is 1. The molecule has 1 saturated carbocycles. The fourth-order valence-corrected chi connectivity index (χ4v) is 4.53. The van der Waals surface area contributed by atoms with Crippen LogP contribution < -0.4 is 5.32 Å². The summed E-state index contributed by atoms with van der Waals surface area (Å²) in [5.41, 5.74) is 0. The SMILES string of the molecule is CSC1CCCN(S(=O)(=O)CCNC2CC2)CC1. The van der Waals surface area contributed by atoms with Crippen LogP contribution >= 0.6 is 11.8 Å². The second-order valence-corrected chi connectivity index (χ2v) is 8.46. The van der Waals surface area contributed by atoms with Gasteiger partial charge in [0.15, 0.2) is 0 Å². The van der Waals surface area contributed by atoms with Crippen molar-refractivity contribution in [3.8, 4) is 0 Å². The molecule has 106 valence electrons. The highest BCUT2D eigenvalue weighted by Crippen LogP contribution is 2.23. The quantitative estimate of drug-likeness (QED) is 0.801. The fraction of sp³-hybridized carbons (Fsp3) is 1.00. The van der Waals surface area contributed by atoms with E-state index in [1.165, 1.54) is 12.8 Å². The minimum Gasteiger partial charge on any atom is -0.313 e. The Hall–Kier alpha value is 0.220. The van der Waals surface area contributed by atoms with Crippen LogP contribution in [0.15, 0.2) is 0 Å². The summed E-state index contributed by atoms with van der Waals surface area (Å²) in [6, 6.07) is 0.588. The van der Waals surface area contributed by atoms with Gasteiger partial charge in [-0.25, -0.2) is 12.7 Å². The van der Waals surface area contributed by atoms with Gasteiger partial charge in [-0.1, -0.05) is 0 Å². The minimum absolute atomic E-state index is 0.257. The summed E-state index contributed by atoms with van der Waals surface area (Å²) in [4.78, 5) is 0. The van der Waals surface area contributed by atoms with Crippen molar-refractivity contribution in [3.05, 3.63) is 0 Å². The summed E-state index contributed by atoms with van der Waals surface area (Å²) in [5.74, 6) is 0.257. The molecule has 1 aliphatic heterocycles. The molecule has 2 fully saturated rings. The van der Waals surface area contributed by atoms with E-state index in [9.17, 15) is 8.42 Å². The zero-order chi connectivity index (χ0) is 13.0. The first kappa shape index (κ1) is 14.6. The van der Waals surface area contributed by atoms with Crippen LogP contribution in [0.25, 0.3) is 0 Å². The predicted octanol–water partition coefficient (Wildman–Crippen LogP) is 1.29. The molecule has 0 spiro atoms. The molecule has 0 aromatic carbocycles. The average molecular weight is 292 g/mol. The van der Waals surface area contributed by atoms with Gasteiger partial charge in [-0.2, -0.15) is 11.8 Å². The summed E-state index contributed by atoms with van der Waals surface area (Å²) in [7, 11) is -3.04. The van der Waals surface area contributed by atoms with Crippen LogP contribution in [0.1, 0.15) is 32.1 Å². The summed E-state index contributed by atoms with van der Waals surface area (Å²) >= 11 is 1.87. The molecule has 1 unspecified atom stereocenters. The molecule has 0 aromatic rings. The van der Waals surface area contributed by atoms with Crippen LogP contribution in [-0.4, -0.2) is 55.7 Å². The molecule has 6 heteroatoms. The van der Waals surface area contributed by atoms with Gasteiger partial charge in [-0.15, -0.1) is 0 Å². The number of hydrogen-bond donors (Lipinski definition) is 1. The molecule has 2 aliphatic rings. The van der Waals surface area contributed by atoms with Crippen LogP contribution in [0.3, 0.4) is 0 Å².